The van der Waals surface area contributed by atoms with E-state index in [9.17, 15) is 0 Å². The maximum atomic E-state index is 6.60. The van der Waals surface area contributed by atoms with E-state index in [4.69, 9.17) is 4.74 Å². The monoisotopic (exact) mass is 578 g/mol. The molecular weight excluding hydrogens is 525 g/mol. The number of fused-ring (bicyclic) bond motifs is 3. The van der Waals surface area contributed by atoms with Crippen LogP contribution in [0.5, 0.6) is 5.75 Å². The Morgan fingerprint density at radius 2 is 1.69 bits per heavy atom. The van der Waals surface area contributed by atoms with Crippen LogP contribution >= 0.6 is 0 Å². The van der Waals surface area contributed by atoms with Gasteiger partial charge in [0.05, 0.1) is 0 Å². The highest BCUT2D eigenvalue weighted by Crippen LogP contribution is 2.62. The van der Waals surface area contributed by atoms with Gasteiger partial charge in [-0.1, -0.05) is 135 Å². The number of hydrogen-bond donors (Lipinski definition) is 0. The van der Waals surface area contributed by atoms with Crippen molar-refractivity contribution < 1.29 is 4.74 Å². The molecule has 3 aliphatic carbocycles. The van der Waals surface area contributed by atoms with Crippen molar-refractivity contribution in [3.05, 3.63) is 92.9 Å². The number of hydrogen-bond acceptors (Lipinski definition) is 1. The fraction of sp³-hybridized carbons (Fsp3) is 0.500. The highest BCUT2D eigenvalue weighted by atomic mass is 28.3. The lowest BCUT2D eigenvalue weighted by Gasteiger charge is -2.42. The summed E-state index contributed by atoms with van der Waals surface area (Å²) < 4.78 is 6.60. The third-order valence-electron chi connectivity index (χ3n) is 10.6. The maximum Gasteiger partial charge on any atom is 0.121 e. The van der Waals surface area contributed by atoms with Crippen molar-refractivity contribution in [2.45, 2.75) is 112 Å². The molecule has 1 unspecified atom stereocenters. The average molecular weight is 579 g/mol. The Bertz CT molecular complexity index is 1610. The van der Waals surface area contributed by atoms with E-state index in [-0.39, 0.29) is 16.2 Å². The molecule has 0 amide bonds. The van der Waals surface area contributed by atoms with Crippen molar-refractivity contribution in [1.82, 2.24) is 0 Å². The fourth-order valence-electron chi connectivity index (χ4n) is 8.46. The Hall–Kier alpha value is -2.58. The minimum Gasteiger partial charge on any atom is -0.489 e. The predicted octanol–water partition coefficient (Wildman–Crippen LogP) is 8.96. The third-order valence-corrected chi connectivity index (χ3v) is 16.2. The first-order chi connectivity index (χ1) is 19.6. The van der Waals surface area contributed by atoms with Gasteiger partial charge >= 0.3 is 0 Å². The van der Waals surface area contributed by atoms with E-state index < -0.39 is 8.07 Å². The van der Waals surface area contributed by atoms with Gasteiger partial charge in [-0.3, -0.25) is 0 Å². The van der Waals surface area contributed by atoms with Gasteiger partial charge in [-0.2, -0.15) is 0 Å². The Kier molecular flexibility index (Phi) is 7.75. The standard InChI is InChI=1S/C40H54OSi/c1-13-20-41-36-27(5)21-26(4)22-33(36)42(14-2,15-3)37-32-25-39(9,10)19-18-30(32)35-34(37)31-23-29(38(6,7)8)17-16-28(31)24-40(35,11)12/h13,16-17,21-25,37H,1,14-15,18-20H2,2-12H3. The van der Waals surface area contributed by atoms with Crippen molar-refractivity contribution in [2.75, 3.05) is 6.61 Å². The molecule has 0 fully saturated rings. The maximum absolute atomic E-state index is 6.60. The molecule has 5 rings (SSSR count). The lowest BCUT2D eigenvalue weighted by atomic mass is 9.72. The molecule has 0 spiro atoms. The van der Waals surface area contributed by atoms with Crippen LogP contribution in [-0.2, 0) is 5.41 Å². The smallest absolute Gasteiger partial charge is 0.121 e. The lowest BCUT2D eigenvalue weighted by molar-refractivity contribution is 0.363. The van der Waals surface area contributed by atoms with Crippen LogP contribution < -0.4 is 20.4 Å². The van der Waals surface area contributed by atoms with E-state index in [1.165, 1.54) is 57.2 Å². The first-order valence-electron chi connectivity index (χ1n) is 16.3. The summed E-state index contributed by atoms with van der Waals surface area (Å²) in [4.78, 5) is 0. The molecule has 0 heterocycles. The van der Waals surface area contributed by atoms with Gasteiger partial charge in [-0.25, -0.2) is 0 Å². The molecule has 2 heteroatoms. The van der Waals surface area contributed by atoms with Crippen LogP contribution in [0, 0.1) is 24.7 Å². The summed E-state index contributed by atoms with van der Waals surface area (Å²) in [5, 5.41) is 4.41. The Balaban J connectivity index is 1.97. The van der Waals surface area contributed by atoms with Crippen molar-refractivity contribution in [1.29, 1.82) is 0 Å². The molecule has 1 nitrogen and oxygen atoms in total. The van der Waals surface area contributed by atoms with Crippen LogP contribution in [0.25, 0.3) is 11.6 Å². The normalized spacial score (nSPS) is 20.8. The molecular formula is C40H54OSi. The summed E-state index contributed by atoms with van der Waals surface area (Å²) in [7, 11) is -2.24. The van der Waals surface area contributed by atoms with Gasteiger partial charge in [0.15, 0.2) is 0 Å². The number of ether oxygens (including phenoxy) is 1. The fourth-order valence-corrected chi connectivity index (χ4v) is 13.8. The quantitative estimate of drug-likeness (QED) is 0.235. The van der Waals surface area contributed by atoms with Crippen molar-refractivity contribution in [2.24, 2.45) is 10.8 Å². The minimum atomic E-state index is -2.24. The zero-order valence-electron chi connectivity index (χ0n) is 28.3. The summed E-state index contributed by atoms with van der Waals surface area (Å²) in [5.74, 6) is 1.12. The molecule has 0 radical (unpaired) electrons. The molecule has 0 aliphatic heterocycles. The van der Waals surface area contributed by atoms with Gasteiger partial charge in [0.2, 0.25) is 0 Å². The van der Waals surface area contributed by atoms with E-state index in [1.807, 2.05) is 6.08 Å². The van der Waals surface area contributed by atoms with Crippen molar-refractivity contribution in [3.63, 3.8) is 0 Å². The van der Waals surface area contributed by atoms with Gasteiger partial charge in [-0.05, 0) is 86.6 Å². The molecule has 42 heavy (non-hydrogen) atoms. The number of aryl methyl sites for hydroxylation is 2. The second-order valence-corrected chi connectivity index (χ2v) is 20.5. The number of allylic oxidation sites excluding steroid dienone is 4. The van der Waals surface area contributed by atoms with E-state index in [1.54, 1.807) is 22.3 Å². The topological polar surface area (TPSA) is 9.23 Å². The first kappa shape index (κ1) is 30.9. The number of benzene rings is 2. The van der Waals surface area contributed by atoms with Gasteiger partial charge in [0.25, 0.3) is 0 Å². The summed E-state index contributed by atoms with van der Waals surface area (Å²) in [6, 6.07) is 14.5. The van der Waals surface area contributed by atoms with Gasteiger partial charge in [0, 0.05) is 11.0 Å². The van der Waals surface area contributed by atoms with E-state index in [0.717, 1.165) is 5.75 Å². The predicted molar refractivity (Wildman–Crippen MR) is 186 cm³/mol. The zero-order chi connectivity index (χ0) is 30.8. The molecule has 0 aromatic heterocycles. The third kappa shape index (κ3) is 4.92. The molecule has 0 N–H and O–H groups in total. The molecule has 0 saturated heterocycles. The molecule has 2 aromatic carbocycles. The summed E-state index contributed by atoms with van der Waals surface area (Å²) in [6.45, 7) is 30.9. The molecule has 1 atom stereocenters. The van der Waals surface area contributed by atoms with Crippen LogP contribution in [0.4, 0.5) is 0 Å². The molecule has 0 bridgehead atoms. The number of rotatable bonds is 7. The SMILES string of the molecule is C=CCOc1c(C)cc(C)cc1[Si](CC)(CC)C1C2=CC(C)(C)CCC2=C2C1=c1cc(C(C)(C)C)ccc1=CC2(C)C. The molecule has 2 aromatic rings. The highest BCUT2D eigenvalue weighted by Gasteiger charge is 2.54. The van der Waals surface area contributed by atoms with E-state index >= 15 is 0 Å². The summed E-state index contributed by atoms with van der Waals surface area (Å²) >= 11 is 0. The van der Waals surface area contributed by atoms with Crippen molar-refractivity contribution in [3.8, 4) is 5.75 Å². The van der Waals surface area contributed by atoms with Crippen molar-refractivity contribution >= 4 is 24.9 Å². The van der Waals surface area contributed by atoms with Gasteiger partial charge < -0.3 is 4.74 Å². The Morgan fingerprint density at radius 3 is 2.31 bits per heavy atom. The first-order valence-corrected chi connectivity index (χ1v) is 18.8. The summed E-state index contributed by atoms with van der Waals surface area (Å²) in [6.07, 6.45) is 9.55. The largest absolute Gasteiger partial charge is 0.489 e. The Labute approximate surface area is 257 Å². The lowest BCUT2D eigenvalue weighted by Crippen LogP contribution is -2.53. The minimum absolute atomic E-state index is 0.0114. The molecule has 224 valence electrons. The van der Waals surface area contributed by atoms with Gasteiger partial charge in [0.1, 0.15) is 20.4 Å². The summed E-state index contributed by atoms with van der Waals surface area (Å²) in [5.41, 5.74) is 11.3. The highest BCUT2D eigenvalue weighted by molar-refractivity contribution is 6.95. The van der Waals surface area contributed by atoms with Crippen LogP contribution in [0.1, 0.15) is 91.8 Å². The molecule has 0 saturated carbocycles. The van der Waals surface area contributed by atoms with Crippen LogP contribution in [0.2, 0.25) is 17.6 Å². The van der Waals surface area contributed by atoms with Gasteiger partial charge in [-0.15, -0.1) is 0 Å². The van der Waals surface area contributed by atoms with E-state index in [2.05, 4.69) is 125 Å². The second-order valence-electron chi connectivity index (χ2n) is 15.6. The average Bonchev–Trinajstić information content (AvgIpc) is 3.23. The van der Waals surface area contributed by atoms with Crippen LogP contribution in [0.3, 0.4) is 0 Å². The van der Waals surface area contributed by atoms with E-state index in [0.29, 0.717) is 12.1 Å². The Morgan fingerprint density at radius 1 is 1.00 bits per heavy atom. The zero-order valence-corrected chi connectivity index (χ0v) is 29.3. The van der Waals surface area contributed by atoms with Crippen LogP contribution in [0.15, 0.2) is 65.8 Å². The second kappa shape index (κ2) is 10.5. The van der Waals surface area contributed by atoms with Crippen LogP contribution in [-0.4, -0.2) is 14.7 Å². The molecule has 3 aliphatic rings.